The summed E-state index contributed by atoms with van der Waals surface area (Å²) in [4.78, 5) is 40.6. The van der Waals surface area contributed by atoms with Gasteiger partial charge in [-0.3, -0.25) is 19.4 Å². The number of hydrogen-bond acceptors (Lipinski definition) is 5. The smallest absolute Gasteiger partial charge is 0.308 e. The van der Waals surface area contributed by atoms with E-state index in [1.165, 1.54) is 0 Å². The first-order valence-corrected chi connectivity index (χ1v) is 8.68. The van der Waals surface area contributed by atoms with E-state index in [0.717, 1.165) is 10.9 Å². The molecule has 1 heterocycles. The van der Waals surface area contributed by atoms with Crippen molar-refractivity contribution in [1.82, 2.24) is 10.3 Å². The quantitative estimate of drug-likeness (QED) is 0.611. The van der Waals surface area contributed by atoms with Crippen molar-refractivity contribution < 1.29 is 19.1 Å². The van der Waals surface area contributed by atoms with Gasteiger partial charge in [-0.05, 0) is 17.7 Å². The summed E-state index contributed by atoms with van der Waals surface area (Å²) in [6.07, 6.45) is 1.22. The molecule has 0 spiro atoms. The molecule has 0 bridgehead atoms. The van der Waals surface area contributed by atoms with Crippen LogP contribution in [0.2, 0.25) is 0 Å². The largest absolute Gasteiger partial charge is 0.461 e. The minimum atomic E-state index is -1.19. The third-order valence-corrected chi connectivity index (χ3v) is 4.14. The van der Waals surface area contributed by atoms with E-state index in [-0.39, 0.29) is 13.0 Å². The molecule has 0 aliphatic rings. The van der Waals surface area contributed by atoms with Crippen LogP contribution in [0.25, 0.3) is 10.9 Å². The summed E-state index contributed by atoms with van der Waals surface area (Å²) >= 11 is 0. The maximum absolute atomic E-state index is 12.6. The Hall–Kier alpha value is -3.74. The van der Waals surface area contributed by atoms with Gasteiger partial charge >= 0.3 is 5.97 Å². The molecular formula is C21H19N3O4. The number of rotatable bonds is 7. The second-order valence-corrected chi connectivity index (χ2v) is 6.16. The van der Waals surface area contributed by atoms with Gasteiger partial charge in [0, 0.05) is 11.6 Å². The Kier molecular flexibility index (Phi) is 5.96. The van der Waals surface area contributed by atoms with E-state index in [1.807, 2.05) is 42.5 Å². The Morgan fingerprint density at radius 2 is 1.75 bits per heavy atom. The molecule has 0 aliphatic carbocycles. The van der Waals surface area contributed by atoms with Crippen LogP contribution < -0.4 is 11.1 Å². The van der Waals surface area contributed by atoms with Crippen molar-refractivity contribution in [1.29, 1.82) is 0 Å². The molecule has 0 radical (unpaired) electrons. The molecule has 3 aromatic rings. The minimum Gasteiger partial charge on any atom is -0.461 e. The van der Waals surface area contributed by atoms with E-state index in [2.05, 4.69) is 10.3 Å². The number of fused-ring (bicyclic) bond motifs is 1. The molecule has 142 valence electrons. The highest BCUT2D eigenvalue weighted by molar-refractivity contribution is 6.06. The van der Waals surface area contributed by atoms with E-state index in [0.29, 0.717) is 11.1 Å². The lowest BCUT2D eigenvalue weighted by atomic mass is 10.1. The molecule has 3 N–H and O–H groups in total. The molecule has 0 aliphatic heterocycles. The molecule has 0 unspecified atom stereocenters. The van der Waals surface area contributed by atoms with Gasteiger partial charge in [-0.2, -0.15) is 0 Å². The monoisotopic (exact) mass is 377 g/mol. The zero-order valence-electron chi connectivity index (χ0n) is 15.0. The van der Waals surface area contributed by atoms with Gasteiger partial charge in [0.2, 0.25) is 5.91 Å². The van der Waals surface area contributed by atoms with Gasteiger partial charge in [0.1, 0.15) is 12.6 Å². The van der Waals surface area contributed by atoms with E-state index >= 15 is 0 Å². The number of aromatic nitrogens is 1. The number of benzene rings is 2. The Labute approximate surface area is 161 Å². The zero-order valence-corrected chi connectivity index (χ0v) is 15.0. The predicted molar refractivity (Wildman–Crippen MR) is 103 cm³/mol. The number of amides is 2. The van der Waals surface area contributed by atoms with E-state index in [4.69, 9.17) is 10.5 Å². The highest BCUT2D eigenvalue weighted by Crippen LogP contribution is 2.16. The number of pyridine rings is 1. The summed E-state index contributed by atoms with van der Waals surface area (Å²) in [6, 6.07) is 16.7. The average molecular weight is 377 g/mol. The summed E-state index contributed by atoms with van der Waals surface area (Å²) in [6.45, 7) is 0.0757. The minimum absolute atomic E-state index is 0.0757. The third kappa shape index (κ3) is 4.70. The number of esters is 1. The number of nitrogens with one attached hydrogen (secondary N) is 1. The lowest BCUT2D eigenvalue weighted by Crippen LogP contribution is -2.46. The van der Waals surface area contributed by atoms with Crippen LogP contribution in [-0.2, 0) is 20.9 Å². The van der Waals surface area contributed by atoms with Crippen molar-refractivity contribution in [2.24, 2.45) is 5.73 Å². The molecule has 3 rings (SSSR count). The van der Waals surface area contributed by atoms with Crippen LogP contribution >= 0.6 is 0 Å². The molecule has 0 saturated heterocycles. The Morgan fingerprint density at radius 3 is 2.50 bits per heavy atom. The maximum atomic E-state index is 12.6. The fraction of sp³-hybridized carbons (Fsp3) is 0.143. The molecule has 28 heavy (non-hydrogen) atoms. The van der Waals surface area contributed by atoms with Crippen molar-refractivity contribution in [2.45, 2.75) is 19.1 Å². The van der Waals surface area contributed by atoms with Crippen LogP contribution in [0.1, 0.15) is 22.3 Å². The van der Waals surface area contributed by atoms with Gasteiger partial charge < -0.3 is 15.8 Å². The molecule has 2 aromatic carbocycles. The van der Waals surface area contributed by atoms with Crippen molar-refractivity contribution in [3.63, 3.8) is 0 Å². The van der Waals surface area contributed by atoms with E-state index in [9.17, 15) is 14.4 Å². The summed E-state index contributed by atoms with van der Waals surface area (Å²) < 4.78 is 5.16. The number of carbonyl (C=O) groups is 3. The van der Waals surface area contributed by atoms with Crippen LogP contribution in [0.3, 0.4) is 0 Å². The maximum Gasteiger partial charge on any atom is 0.308 e. The zero-order chi connectivity index (χ0) is 19.9. The fourth-order valence-corrected chi connectivity index (χ4v) is 2.71. The first-order valence-electron chi connectivity index (χ1n) is 8.68. The highest BCUT2D eigenvalue weighted by atomic mass is 16.5. The number of nitrogens with zero attached hydrogens (tertiary/aromatic N) is 1. The lowest BCUT2D eigenvalue weighted by Gasteiger charge is -2.15. The van der Waals surface area contributed by atoms with Crippen molar-refractivity contribution in [3.05, 3.63) is 78.0 Å². The number of hydrogen-bond donors (Lipinski definition) is 2. The number of para-hydroxylation sites is 1. The van der Waals surface area contributed by atoms with Crippen molar-refractivity contribution in [2.75, 3.05) is 0 Å². The first kappa shape index (κ1) is 19.0. The highest BCUT2D eigenvalue weighted by Gasteiger charge is 2.24. The average Bonchev–Trinajstić information content (AvgIpc) is 2.72. The van der Waals surface area contributed by atoms with Crippen LogP contribution in [0.4, 0.5) is 0 Å². The van der Waals surface area contributed by atoms with E-state index < -0.39 is 23.8 Å². The number of nitrogens with two attached hydrogens (primary N) is 1. The van der Waals surface area contributed by atoms with Crippen LogP contribution in [0, 0.1) is 0 Å². The fourth-order valence-electron chi connectivity index (χ4n) is 2.71. The molecule has 2 amide bonds. The normalized spacial score (nSPS) is 11.6. The van der Waals surface area contributed by atoms with Gasteiger partial charge in [0.05, 0.1) is 17.5 Å². The molecule has 7 heteroatoms. The Bertz CT molecular complexity index is 999. The number of ether oxygens (including phenoxy) is 1. The van der Waals surface area contributed by atoms with Gasteiger partial charge in [-0.15, -0.1) is 0 Å². The topological polar surface area (TPSA) is 111 Å². The van der Waals surface area contributed by atoms with Gasteiger partial charge in [-0.25, -0.2) is 0 Å². The molecule has 1 aromatic heterocycles. The van der Waals surface area contributed by atoms with Gasteiger partial charge in [0.25, 0.3) is 5.91 Å². The second kappa shape index (κ2) is 8.77. The van der Waals surface area contributed by atoms with Crippen LogP contribution in [0.15, 0.2) is 66.9 Å². The summed E-state index contributed by atoms with van der Waals surface area (Å²) in [7, 11) is 0. The second-order valence-electron chi connectivity index (χ2n) is 6.16. The summed E-state index contributed by atoms with van der Waals surface area (Å²) in [5.74, 6) is -1.99. The molecule has 1 atom stereocenters. The van der Waals surface area contributed by atoms with Gasteiger partial charge in [0.15, 0.2) is 0 Å². The van der Waals surface area contributed by atoms with E-state index in [1.54, 1.807) is 24.4 Å². The molecule has 0 fully saturated rings. The number of primary amides is 1. The lowest BCUT2D eigenvalue weighted by molar-refractivity contribution is -0.146. The SMILES string of the molecule is NC(=O)[C@@H](CC(=O)OCc1ccccc1)NC(=O)c1cccc2cccnc12. The van der Waals surface area contributed by atoms with Crippen molar-refractivity contribution in [3.8, 4) is 0 Å². The first-order chi connectivity index (χ1) is 13.5. The summed E-state index contributed by atoms with van der Waals surface area (Å²) in [5, 5.41) is 3.28. The summed E-state index contributed by atoms with van der Waals surface area (Å²) in [5.41, 5.74) is 6.96. The van der Waals surface area contributed by atoms with Crippen LogP contribution in [0.5, 0.6) is 0 Å². The van der Waals surface area contributed by atoms with Crippen molar-refractivity contribution >= 4 is 28.7 Å². The Balaban J connectivity index is 1.66. The standard InChI is InChI=1S/C21H19N3O4/c22-20(26)17(12-18(25)28-13-14-6-2-1-3-7-14)24-21(27)16-10-4-8-15-9-5-11-23-19(15)16/h1-11,17H,12-13H2,(H2,22,26)(H,24,27)/t17-/m1/s1. The molecule has 7 nitrogen and oxygen atoms in total. The Morgan fingerprint density at radius 1 is 1.00 bits per heavy atom. The van der Waals surface area contributed by atoms with Gasteiger partial charge in [-0.1, -0.05) is 48.5 Å². The number of carbonyl (C=O) groups excluding carboxylic acids is 3. The van der Waals surface area contributed by atoms with Crippen LogP contribution in [-0.4, -0.2) is 28.8 Å². The molecular weight excluding hydrogens is 358 g/mol. The predicted octanol–water partition coefficient (Wildman–Crippen LogP) is 1.95. The molecule has 0 saturated carbocycles. The third-order valence-electron chi connectivity index (χ3n) is 4.14.